The van der Waals surface area contributed by atoms with E-state index in [2.05, 4.69) is 10.6 Å². The first-order valence-electron chi connectivity index (χ1n) is 6.74. The Morgan fingerprint density at radius 1 is 1.33 bits per heavy atom. The largest absolute Gasteiger partial charge is 0.321 e. The van der Waals surface area contributed by atoms with Gasteiger partial charge in [-0.1, -0.05) is 11.6 Å². The van der Waals surface area contributed by atoms with Crippen LogP contribution in [0.4, 0.5) is 14.5 Å². The topological polar surface area (TPSA) is 44.4 Å². The molecule has 4 nitrogen and oxygen atoms in total. The molecule has 1 amide bonds. The number of carbonyl (C=O) groups excluding carboxylic acids is 1. The highest BCUT2D eigenvalue weighted by molar-refractivity contribution is 6.33. The summed E-state index contributed by atoms with van der Waals surface area (Å²) in [6, 6.07) is 1.66. The Morgan fingerprint density at radius 2 is 1.95 bits per heavy atom. The Kier molecular flexibility index (Phi) is 4.81. The van der Waals surface area contributed by atoms with Gasteiger partial charge in [-0.15, -0.1) is 0 Å². The molecule has 0 unspecified atom stereocenters. The summed E-state index contributed by atoms with van der Waals surface area (Å²) >= 11 is 5.80. The quantitative estimate of drug-likeness (QED) is 0.898. The van der Waals surface area contributed by atoms with Crippen molar-refractivity contribution < 1.29 is 13.6 Å². The van der Waals surface area contributed by atoms with Gasteiger partial charge in [-0.2, -0.15) is 0 Å². The molecule has 1 aliphatic rings. The maximum absolute atomic E-state index is 13.7. The number of benzene rings is 1. The summed E-state index contributed by atoms with van der Waals surface area (Å²) in [5.41, 5.74) is -1.00. The van der Waals surface area contributed by atoms with Crippen LogP contribution in [0.25, 0.3) is 0 Å². The molecule has 1 aromatic rings. The number of carbonyl (C=O) groups is 1. The highest BCUT2D eigenvalue weighted by Gasteiger charge is 2.35. The first-order chi connectivity index (χ1) is 9.82. The number of hydrogen-bond acceptors (Lipinski definition) is 3. The van der Waals surface area contributed by atoms with E-state index in [9.17, 15) is 13.6 Å². The number of nitrogens with one attached hydrogen (secondary N) is 2. The summed E-state index contributed by atoms with van der Waals surface area (Å²) in [5.74, 6) is -2.04. The fraction of sp³-hybridized carbons (Fsp3) is 0.500. The van der Waals surface area contributed by atoms with Crippen LogP contribution in [0.15, 0.2) is 12.1 Å². The second kappa shape index (κ2) is 6.25. The SMILES string of the molecule is CC(C)(C(=O)Nc1c(F)cc(F)cc1Cl)N1CCNCC1. The molecule has 1 fully saturated rings. The van der Waals surface area contributed by atoms with E-state index in [1.807, 2.05) is 4.90 Å². The average Bonchev–Trinajstić information content (AvgIpc) is 2.43. The van der Waals surface area contributed by atoms with E-state index in [0.717, 1.165) is 32.2 Å². The Labute approximate surface area is 127 Å². The minimum absolute atomic E-state index is 0.156. The Hall–Kier alpha value is -1.24. The molecule has 0 spiro atoms. The predicted molar refractivity (Wildman–Crippen MR) is 78.5 cm³/mol. The van der Waals surface area contributed by atoms with Crippen molar-refractivity contribution in [3.8, 4) is 0 Å². The van der Waals surface area contributed by atoms with E-state index in [1.165, 1.54) is 0 Å². The maximum atomic E-state index is 13.7. The molecule has 0 saturated carbocycles. The average molecular weight is 318 g/mol. The Balaban J connectivity index is 2.17. The van der Waals surface area contributed by atoms with Gasteiger partial charge in [0, 0.05) is 32.2 Å². The second-order valence-corrected chi connectivity index (χ2v) is 5.90. The van der Waals surface area contributed by atoms with Gasteiger partial charge in [0.25, 0.3) is 0 Å². The van der Waals surface area contributed by atoms with Gasteiger partial charge in [-0.05, 0) is 19.9 Å². The van der Waals surface area contributed by atoms with Crippen LogP contribution in [-0.4, -0.2) is 42.5 Å². The minimum Gasteiger partial charge on any atom is -0.321 e. The van der Waals surface area contributed by atoms with Gasteiger partial charge in [0.15, 0.2) is 5.82 Å². The van der Waals surface area contributed by atoms with Crippen LogP contribution in [0.1, 0.15) is 13.8 Å². The van der Waals surface area contributed by atoms with Gasteiger partial charge in [0.2, 0.25) is 5.91 Å². The molecule has 0 aliphatic carbocycles. The smallest absolute Gasteiger partial charge is 0.244 e. The minimum atomic E-state index is -0.885. The van der Waals surface area contributed by atoms with Crippen LogP contribution in [0.3, 0.4) is 0 Å². The first kappa shape index (κ1) is 16.1. The fourth-order valence-electron chi connectivity index (χ4n) is 2.30. The monoisotopic (exact) mass is 317 g/mol. The van der Waals surface area contributed by atoms with E-state index >= 15 is 0 Å². The van der Waals surface area contributed by atoms with Crippen molar-refractivity contribution in [2.45, 2.75) is 19.4 Å². The highest BCUT2D eigenvalue weighted by Crippen LogP contribution is 2.28. The molecule has 0 aromatic heterocycles. The lowest BCUT2D eigenvalue weighted by atomic mass is 10.00. The second-order valence-electron chi connectivity index (χ2n) is 5.49. The highest BCUT2D eigenvalue weighted by atomic mass is 35.5. The molecule has 0 radical (unpaired) electrons. The van der Waals surface area contributed by atoms with E-state index in [0.29, 0.717) is 6.07 Å². The van der Waals surface area contributed by atoms with Crippen molar-refractivity contribution in [2.75, 3.05) is 31.5 Å². The fourth-order valence-corrected chi connectivity index (χ4v) is 2.54. The molecule has 1 aromatic carbocycles. The summed E-state index contributed by atoms with van der Waals surface area (Å²) in [7, 11) is 0. The zero-order valence-electron chi connectivity index (χ0n) is 12.0. The third-order valence-electron chi connectivity index (χ3n) is 3.71. The third-order valence-corrected chi connectivity index (χ3v) is 4.01. The van der Waals surface area contributed by atoms with Crippen LogP contribution in [0.2, 0.25) is 5.02 Å². The molecule has 7 heteroatoms. The number of piperazine rings is 1. The predicted octanol–water partition coefficient (Wildman–Crippen LogP) is 2.24. The Morgan fingerprint density at radius 3 is 2.52 bits per heavy atom. The van der Waals surface area contributed by atoms with Gasteiger partial charge >= 0.3 is 0 Å². The molecule has 2 rings (SSSR count). The first-order valence-corrected chi connectivity index (χ1v) is 7.12. The van der Waals surface area contributed by atoms with Crippen LogP contribution in [0, 0.1) is 11.6 Å². The lowest BCUT2D eigenvalue weighted by Gasteiger charge is -2.39. The van der Waals surface area contributed by atoms with Crippen LogP contribution in [-0.2, 0) is 4.79 Å². The summed E-state index contributed by atoms with van der Waals surface area (Å²) in [4.78, 5) is 14.4. The van der Waals surface area contributed by atoms with Gasteiger partial charge < -0.3 is 10.6 Å². The van der Waals surface area contributed by atoms with Crippen molar-refractivity contribution >= 4 is 23.2 Å². The van der Waals surface area contributed by atoms with Crippen molar-refractivity contribution in [1.29, 1.82) is 0 Å². The van der Waals surface area contributed by atoms with E-state index in [-0.39, 0.29) is 16.6 Å². The van der Waals surface area contributed by atoms with Gasteiger partial charge in [-0.3, -0.25) is 9.69 Å². The molecule has 116 valence electrons. The Bertz CT molecular complexity index is 522. The van der Waals surface area contributed by atoms with Crippen molar-refractivity contribution in [1.82, 2.24) is 10.2 Å². The number of nitrogens with zero attached hydrogens (tertiary/aromatic N) is 1. The van der Waals surface area contributed by atoms with E-state index in [1.54, 1.807) is 13.8 Å². The van der Waals surface area contributed by atoms with Crippen molar-refractivity contribution in [3.05, 3.63) is 28.8 Å². The molecular formula is C14H18ClF2N3O. The summed E-state index contributed by atoms with van der Waals surface area (Å²) in [5, 5.41) is 5.52. The molecule has 0 atom stereocenters. The molecular weight excluding hydrogens is 300 g/mol. The number of rotatable bonds is 3. The van der Waals surface area contributed by atoms with E-state index in [4.69, 9.17) is 11.6 Å². The molecule has 1 aliphatic heterocycles. The van der Waals surface area contributed by atoms with Crippen LogP contribution < -0.4 is 10.6 Å². The molecule has 2 N–H and O–H groups in total. The van der Waals surface area contributed by atoms with Gasteiger partial charge in [0.05, 0.1) is 16.2 Å². The zero-order valence-corrected chi connectivity index (χ0v) is 12.7. The zero-order chi connectivity index (χ0) is 15.6. The maximum Gasteiger partial charge on any atom is 0.244 e. The van der Waals surface area contributed by atoms with Gasteiger partial charge in [-0.25, -0.2) is 8.78 Å². The molecule has 1 heterocycles. The number of anilines is 1. The van der Waals surface area contributed by atoms with Crippen molar-refractivity contribution in [2.24, 2.45) is 0 Å². The summed E-state index contributed by atoms with van der Waals surface area (Å²) < 4.78 is 26.8. The lowest BCUT2D eigenvalue weighted by molar-refractivity contribution is -0.126. The normalized spacial score (nSPS) is 16.8. The molecule has 21 heavy (non-hydrogen) atoms. The third kappa shape index (κ3) is 3.51. The number of hydrogen-bond donors (Lipinski definition) is 2. The van der Waals surface area contributed by atoms with Crippen LogP contribution in [0.5, 0.6) is 0 Å². The number of amides is 1. The number of halogens is 3. The van der Waals surface area contributed by atoms with Crippen molar-refractivity contribution in [3.63, 3.8) is 0 Å². The van der Waals surface area contributed by atoms with E-state index < -0.39 is 17.2 Å². The molecule has 1 saturated heterocycles. The standard InChI is InChI=1S/C14H18ClF2N3O/c1-14(2,20-5-3-18-4-6-20)13(21)19-12-10(15)7-9(16)8-11(12)17/h7-8,18H,3-6H2,1-2H3,(H,19,21). The lowest BCUT2D eigenvalue weighted by Crippen LogP contribution is -2.58. The van der Waals surface area contributed by atoms with Gasteiger partial charge in [0.1, 0.15) is 5.82 Å². The summed E-state index contributed by atoms with van der Waals surface area (Å²) in [6.45, 7) is 6.57. The van der Waals surface area contributed by atoms with Crippen LogP contribution >= 0.6 is 11.6 Å². The molecule has 0 bridgehead atoms. The summed E-state index contributed by atoms with van der Waals surface area (Å²) in [6.07, 6.45) is 0.